The first-order valence-corrected chi connectivity index (χ1v) is 6.85. The molecular weight excluding hydrogens is 293 g/mol. The highest BCUT2D eigenvalue weighted by Gasteiger charge is 2.12. The van der Waals surface area contributed by atoms with Crippen LogP contribution in [-0.2, 0) is 4.79 Å². The second kappa shape index (κ2) is 6.32. The lowest BCUT2D eigenvalue weighted by Crippen LogP contribution is -2.12. The monoisotopic (exact) mass is 305 g/mol. The Morgan fingerprint density at radius 2 is 2.05 bits per heavy atom. The van der Waals surface area contributed by atoms with Crippen LogP contribution in [0.2, 0.25) is 0 Å². The number of carboxylic acid groups (broad SMARTS) is 1. The first-order chi connectivity index (χ1) is 9.95. The summed E-state index contributed by atoms with van der Waals surface area (Å²) in [6.45, 7) is 1.95. The zero-order valence-corrected chi connectivity index (χ0v) is 11.9. The molecule has 0 saturated carbocycles. The largest absolute Gasteiger partial charge is 0.478 e. The molecule has 1 aromatic carbocycles. The Morgan fingerprint density at radius 1 is 1.29 bits per heavy atom. The van der Waals surface area contributed by atoms with Gasteiger partial charge < -0.3 is 10.4 Å². The standard InChI is InChI=1S/C15H12FNO3S/c1-9-2-4-11(21-9)5-7-14(18)17-13-8-10(16)3-6-12(13)15(19)20/h2-8H,1H3,(H,17,18)(H,19,20)/b7-5+. The number of nitrogens with one attached hydrogen (secondary N) is 1. The van der Waals surface area contributed by atoms with Gasteiger partial charge in [-0.25, -0.2) is 9.18 Å². The van der Waals surface area contributed by atoms with Gasteiger partial charge in [-0.15, -0.1) is 11.3 Å². The van der Waals surface area contributed by atoms with Crippen LogP contribution in [-0.4, -0.2) is 17.0 Å². The minimum atomic E-state index is -1.23. The van der Waals surface area contributed by atoms with Gasteiger partial charge >= 0.3 is 5.97 Å². The van der Waals surface area contributed by atoms with E-state index in [1.54, 1.807) is 6.08 Å². The Labute approximate surface area is 124 Å². The number of aromatic carboxylic acids is 1. The zero-order valence-electron chi connectivity index (χ0n) is 11.1. The molecule has 21 heavy (non-hydrogen) atoms. The van der Waals surface area contributed by atoms with E-state index in [4.69, 9.17) is 5.11 Å². The average Bonchev–Trinajstić information content (AvgIpc) is 2.82. The van der Waals surface area contributed by atoms with Gasteiger partial charge in [-0.1, -0.05) is 0 Å². The molecule has 0 unspecified atom stereocenters. The van der Waals surface area contributed by atoms with Crippen LogP contribution < -0.4 is 5.32 Å². The lowest BCUT2D eigenvalue weighted by atomic mass is 10.1. The van der Waals surface area contributed by atoms with Gasteiger partial charge in [0.15, 0.2) is 0 Å². The number of aryl methyl sites for hydroxylation is 1. The summed E-state index contributed by atoms with van der Waals surface area (Å²) in [6.07, 6.45) is 2.90. The Balaban J connectivity index is 2.14. The molecule has 1 heterocycles. The topological polar surface area (TPSA) is 66.4 Å². The number of hydrogen-bond donors (Lipinski definition) is 2. The predicted octanol–water partition coefficient (Wildman–Crippen LogP) is 3.55. The summed E-state index contributed by atoms with van der Waals surface area (Å²) in [7, 11) is 0. The number of thiophene rings is 1. The Morgan fingerprint density at radius 3 is 2.67 bits per heavy atom. The van der Waals surface area contributed by atoms with Crippen LogP contribution in [0, 0.1) is 12.7 Å². The number of anilines is 1. The van der Waals surface area contributed by atoms with Crippen LogP contribution in [0.15, 0.2) is 36.4 Å². The molecule has 0 aliphatic carbocycles. The molecule has 2 rings (SSSR count). The Hall–Kier alpha value is -2.47. The highest BCUT2D eigenvalue weighted by molar-refractivity contribution is 7.12. The van der Waals surface area contributed by atoms with Crippen molar-refractivity contribution in [2.24, 2.45) is 0 Å². The van der Waals surface area contributed by atoms with Crippen molar-refractivity contribution < 1.29 is 19.1 Å². The van der Waals surface area contributed by atoms with Crippen molar-refractivity contribution in [3.63, 3.8) is 0 Å². The summed E-state index contributed by atoms with van der Waals surface area (Å²) < 4.78 is 13.2. The summed E-state index contributed by atoms with van der Waals surface area (Å²) in [5, 5.41) is 11.4. The van der Waals surface area contributed by atoms with Crippen LogP contribution >= 0.6 is 11.3 Å². The van der Waals surface area contributed by atoms with Crippen LogP contribution in [0.3, 0.4) is 0 Å². The molecule has 2 N–H and O–H groups in total. The number of benzene rings is 1. The number of carboxylic acids is 1. The maximum absolute atomic E-state index is 13.2. The summed E-state index contributed by atoms with van der Waals surface area (Å²) in [6, 6.07) is 6.92. The first kappa shape index (κ1) is 14.9. The quantitative estimate of drug-likeness (QED) is 0.849. The minimum absolute atomic E-state index is 0.0699. The van der Waals surface area contributed by atoms with Gasteiger partial charge in [-0.2, -0.15) is 0 Å². The van der Waals surface area contributed by atoms with Gasteiger partial charge in [0.2, 0.25) is 5.91 Å². The van der Waals surface area contributed by atoms with Crippen molar-refractivity contribution in [1.29, 1.82) is 0 Å². The average molecular weight is 305 g/mol. The van der Waals surface area contributed by atoms with Crippen molar-refractivity contribution >= 4 is 35.0 Å². The molecule has 1 amide bonds. The molecule has 4 nitrogen and oxygen atoms in total. The molecule has 0 fully saturated rings. The van der Waals surface area contributed by atoms with E-state index < -0.39 is 17.7 Å². The summed E-state index contributed by atoms with van der Waals surface area (Å²) in [4.78, 5) is 24.8. The fourth-order valence-electron chi connectivity index (χ4n) is 1.68. The van der Waals surface area contributed by atoms with Gasteiger partial charge in [0.25, 0.3) is 0 Å². The number of amides is 1. The van der Waals surface area contributed by atoms with E-state index in [1.807, 2.05) is 19.1 Å². The van der Waals surface area contributed by atoms with Crippen molar-refractivity contribution in [2.45, 2.75) is 6.92 Å². The molecule has 0 radical (unpaired) electrons. The van der Waals surface area contributed by atoms with Crippen LogP contribution in [0.5, 0.6) is 0 Å². The second-order valence-corrected chi connectivity index (χ2v) is 5.59. The highest BCUT2D eigenvalue weighted by atomic mass is 32.1. The van der Waals surface area contributed by atoms with Crippen LogP contribution in [0.1, 0.15) is 20.1 Å². The third-order valence-electron chi connectivity index (χ3n) is 2.63. The Kier molecular flexibility index (Phi) is 4.49. The van der Waals surface area contributed by atoms with Crippen LogP contribution in [0.4, 0.5) is 10.1 Å². The van der Waals surface area contributed by atoms with Gasteiger partial charge in [-0.05, 0) is 43.3 Å². The number of hydrogen-bond acceptors (Lipinski definition) is 3. The molecule has 0 aliphatic rings. The van der Waals surface area contributed by atoms with Gasteiger partial charge in [0.05, 0.1) is 11.3 Å². The third kappa shape index (κ3) is 4.00. The summed E-state index contributed by atoms with van der Waals surface area (Å²) in [5.74, 6) is -2.37. The number of carbonyl (C=O) groups is 2. The normalized spacial score (nSPS) is 10.8. The Bertz CT molecular complexity index is 721. The first-order valence-electron chi connectivity index (χ1n) is 6.04. The van der Waals surface area contributed by atoms with E-state index in [0.29, 0.717) is 0 Å². The molecule has 0 spiro atoms. The summed E-state index contributed by atoms with van der Waals surface area (Å²) >= 11 is 1.53. The van der Waals surface area contributed by atoms with Crippen molar-refractivity contribution in [1.82, 2.24) is 0 Å². The van der Waals surface area contributed by atoms with E-state index in [1.165, 1.54) is 17.4 Å². The highest BCUT2D eigenvalue weighted by Crippen LogP contribution is 2.19. The van der Waals surface area contributed by atoms with E-state index in [9.17, 15) is 14.0 Å². The van der Waals surface area contributed by atoms with Gasteiger partial charge in [-0.3, -0.25) is 4.79 Å². The van der Waals surface area contributed by atoms with E-state index >= 15 is 0 Å². The molecule has 0 atom stereocenters. The number of rotatable bonds is 4. The zero-order chi connectivity index (χ0) is 15.4. The predicted molar refractivity (Wildman–Crippen MR) is 80.1 cm³/mol. The molecular formula is C15H12FNO3S. The minimum Gasteiger partial charge on any atom is -0.478 e. The third-order valence-corrected chi connectivity index (χ3v) is 3.60. The fraction of sp³-hybridized carbons (Fsp3) is 0.0667. The van der Waals surface area contributed by atoms with Crippen molar-refractivity contribution in [2.75, 3.05) is 5.32 Å². The number of halogens is 1. The van der Waals surface area contributed by atoms with Gasteiger partial charge in [0, 0.05) is 15.8 Å². The molecule has 0 bridgehead atoms. The molecule has 0 aliphatic heterocycles. The molecule has 0 saturated heterocycles. The van der Waals surface area contributed by atoms with E-state index in [2.05, 4.69) is 5.32 Å². The van der Waals surface area contributed by atoms with Gasteiger partial charge in [0.1, 0.15) is 5.82 Å². The SMILES string of the molecule is Cc1ccc(/C=C/C(=O)Nc2cc(F)ccc2C(=O)O)s1. The van der Waals surface area contributed by atoms with Crippen LogP contribution in [0.25, 0.3) is 6.08 Å². The second-order valence-electron chi connectivity index (χ2n) is 4.27. The molecule has 2 aromatic rings. The maximum atomic E-state index is 13.2. The van der Waals surface area contributed by atoms with E-state index in [0.717, 1.165) is 28.0 Å². The summed E-state index contributed by atoms with van der Waals surface area (Å²) in [5.41, 5.74) is -0.232. The lowest BCUT2D eigenvalue weighted by molar-refractivity contribution is -0.111. The smallest absolute Gasteiger partial charge is 0.337 e. The van der Waals surface area contributed by atoms with Crippen molar-refractivity contribution in [3.8, 4) is 0 Å². The fourth-order valence-corrected chi connectivity index (χ4v) is 2.46. The molecule has 6 heteroatoms. The lowest BCUT2D eigenvalue weighted by Gasteiger charge is -2.06. The van der Waals surface area contributed by atoms with E-state index in [-0.39, 0.29) is 11.3 Å². The van der Waals surface area contributed by atoms with Crippen molar-refractivity contribution in [3.05, 3.63) is 57.5 Å². The maximum Gasteiger partial charge on any atom is 0.337 e. The molecule has 1 aromatic heterocycles. The number of carbonyl (C=O) groups excluding carboxylic acids is 1. The molecule has 108 valence electrons.